The summed E-state index contributed by atoms with van der Waals surface area (Å²) < 4.78 is 1.85. The number of nitrogens with one attached hydrogen (secondary N) is 1. The quantitative estimate of drug-likeness (QED) is 0.600. The second kappa shape index (κ2) is 4.47. The number of hydrazine groups is 1. The van der Waals surface area contributed by atoms with E-state index in [1.54, 1.807) is 0 Å². The molecule has 1 atom stereocenters. The molecule has 2 rings (SSSR count). The Kier molecular flexibility index (Phi) is 3.03. The first kappa shape index (κ1) is 10.9. The van der Waals surface area contributed by atoms with Gasteiger partial charge in [-0.25, -0.2) is 5.43 Å². The zero-order chi connectivity index (χ0) is 11.5. The number of rotatable bonds is 3. The summed E-state index contributed by atoms with van der Waals surface area (Å²) in [7, 11) is 1.93. The van der Waals surface area contributed by atoms with Crippen molar-refractivity contribution in [3.8, 4) is 0 Å². The molecule has 2 aromatic rings. The Hall–Kier alpha value is -1.65. The first-order chi connectivity index (χ1) is 7.72. The minimum atomic E-state index is -0.0209. The van der Waals surface area contributed by atoms with E-state index in [4.69, 9.17) is 5.84 Å². The maximum atomic E-state index is 5.62. The molecule has 84 valence electrons. The Morgan fingerprint density at radius 3 is 2.50 bits per heavy atom. The average molecular weight is 216 g/mol. The lowest BCUT2D eigenvalue weighted by atomic mass is 10.0. The fraction of sp³-hybridized carbons (Fsp3) is 0.250. The monoisotopic (exact) mass is 216 g/mol. The van der Waals surface area contributed by atoms with Gasteiger partial charge in [0.05, 0.1) is 17.4 Å². The molecular formula is C12H16N4. The lowest BCUT2D eigenvalue weighted by Crippen LogP contribution is -2.30. The van der Waals surface area contributed by atoms with E-state index in [-0.39, 0.29) is 6.04 Å². The van der Waals surface area contributed by atoms with E-state index in [0.29, 0.717) is 0 Å². The van der Waals surface area contributed by atoms with Crippen LogP contribution >= 0.6 is 0 Å². The van der Waals surface area contributed by atoms with Crippen molar-refractivity contribution in [2.75, 3.05) is 0 Å². The minimum absolute atomic E-state index is 0.0209. The molecule has 4 heteroatoms. The van der Waals surface area contributed by atoms with E-state index >= 15 is 0 Å². The van der Waals surface area contributed by atoms with Crippen LogP contribution in [0.4, 0.5) is 0 Å². The lowest BCUT2D eigenvalue weighted by molar-refractivity contribution is 0.574. The van der Waals surface area contributed by atoms with Crippen LogP contribution in [0.15, 0.2) is 36.4 Å². The molecule has 0 amide bonds. The molecule has 0 aliphatic carbocycles. The van der Waals surface area contributed by atoms with Crippen molar-refractivity contribution < 1.29 is 0 Å². The normalized spacial score (nSPS) is 12.7. The third kappa shape index (κ3) is 1.98. The van der Waals surface area contributed by atoms with Crippen LogP contribution in [0.1, 0.15) is 23.0 Å². The minimum Gasteiger partial charge on any atom is -0.271 e. The van der Waals surface area contributed by atoms with Gasteiger partial charge < -0.3 is 0 Å². The molecule has 1 heterocycles. The molecule has 1 aromatic heterocycles. The molecule has 1 unspecified atom stereocenters. The fourth-order valence-electron chi connectivity index (χ4n) is 1.90. The van der Waals surface area contributed by atoms with Crippen molar-refractivity contribution in [2.45, 2.75) is 13.0 Å². The third-order valence-corrected chi connectivity index (χ3v) is 2.63. The smallest absolute Gasteiger partial charge is 0.0878 e. The molecule has 0 saturated carbocycles. The van der Waals surface area contributed by atoms with Crippen molar-refractivity contribution in [2.24, 2.45) is 12.9 Å². The third-order valence-electron chi connectivity index (χ3n) is 2.63. The molecule has 3 N–H and O–H groups in total. The van der Waals surface area contributed by atoms with E-state index in [1.807, 2.05) is 55.1 Å². The number of hydrogen-bond acceptors (Lipinski definition) is 3. The summed E-state index contributed by atoms with van der Waals surface area (Å²) >= 11 is 0. The van der Waals surface area contributed by atoms with Gasteiger partial charge in [0.25, 0.3) is 0 Å². The highest BCUT2D eigenvalue weighted by atomic mass is 15.3. The highest BCUT2D eigenvalue weighted by Gasteiger charge is 2.16. The molecule has 0 radical (unpaired) electrons. The predicted octanol–water partition coefficient (Wildman–Crippen LogP) is 1.28. The van der Waals surface area contributed by atoms with Gasteiger partial charge in [0.15, 0.2) is 0 Å². The van der Waals surface area contributed by atoms with Gasteiger partial charge in [-0.1, -0.05) is 30.3 Å². The molecule has 0 fully saturated rings. The van der Waals surface area contributed by atoms with Gasteiger partial charge in [0.1, 0.15) is 0 Å². The lowest BCUT2D eigenvalue weighted by Gasteiger charge is -2.16. The molecule has 4 nitrogen and oxygen atoms in total. The second-order valence-electron chi connectivity index (χ2n) is 3.84. The summed E-state index contributed by atoms with van der Waals surface area (Å²) in [5.41, 5.74) is 6.02. The SMILES string of the molecule is Cc1cc(C(NN)c2ccccc2)n(C)n1. The molecule has 0 spiro atoms. The number of aryl methyl sites for hydroxylation is 2. The zero-order valence-electron chi connectivity index (χ0n) is 9.51. The van der Waals surface area contributed by atoms with E-state index in [1.165, 1.54) is 0 Å². The number of nitrogens with two attached hydrogens (primary N) is 1. The molecule has 1 aromatic carbocycles. The maximum absolute atomic E-state index is 5.62. The van der Waals surface area contributed by atoms with E-state index < -0.39 is 0 Å². The van der Waals surface area contributed by atoms with Crippen molar-refractivity contribution in [3.05, 3.63) is 53.3 Å². The Balaban J connectivity index is 2.40. The van der Waals surface area contributed by atoms with Gasteiger partial charge in [0.2, 0.25) is 0 Å². The van der Waals surface area contributed by atoms with E-state index in [9.17, 15) is 0 Å². The summed E-state index contributed by atoms with van der Waals surface area (Å²) in [6.45, 7) is 1.97. The molecule has 0 aliphatic heterocycles. The van der Waals surface area contributed by atoms with Gasteiger partial charge in [-0.3, -0.25) is 10.5 Å². The summed E-state index contributed by atoms with van der Waals surface area (Å²) in [6.07, 6.45) is 0. The largest absolute Gasteiger partial charge is 0.271 e. The Labute approximate surface area is 95.1 Å². The first-order valence-corrected chi connectivity index (χ1v) is 5.24. The van der Waals surface area contributed by atoms with Crippen LogP contribution in [0.25, 0.3) is 0 Å². The summed E-state index contributed by atoms with van der Waals surface area (Å²) in [4.78, 5) is 0. The van der Waals surface area contributed by atoms with Gasteiger partial charge >= 0.3 is 0 Å². The van der Waals surface area contributed by atoms with E-state index in [0.717, 1.165) is 17.0 Å². The van der Waals surface area contributed by atoms with Gasteiger partial charge in [-0.2, -0.15) is 5.10 Å². The van der Waals surface area contributed by atoms with Crippen molar-refractivity contribution in [1.82, 2.24) is 15.2 Å². The van der Waals surface area contributed by atoms with Crippen LogP contribution in [0.2, 0.25) is 0 Å². The summed E-state index contributed by atoms with van der Waals surface area (Å²) in [5, 5.41) is 4.33. The van der Waals surface area contributed by atoms with Crippen molar-refractivity contribution >= 4 is 0 Å². The Morgan fingerprint density at radius 2 is 2.00 bits per heavy atom. The van der Waals surface area contributed by atoms with Crippen molar-refractivity contribution in [1.29, 1.82) is 0 Å². The Bertz CT molecular complexity index is 461. The highest BCUT2D eigenvalue weighted by Crippen LogP contribution is 2.20. The molecule has 0 saturated heterocycles. The van der Waals surface area contributed by atoms with Crippen LogP contribution < -0.4 is 11.3 Å². The molecule has 16 heavy (non-hydrogen) atoms. The van der Waals surface area contributed by atoms with Crippen LogP contribution in [0.5, 0.6) is 0 Å². The summed E-state index contributed by atoms with van der Waals surface area (Å²) in [6, 6.07) is 12.1. The van der Waals surface area contributed by atoms with Gasteiger partial charge in [-0.05, 0) is 18.6 Å². The number of benzene rings is 1. The number of aromatic nitrogens is 2. The number of hydrogen-bond donors (Lipinski definition) is 2. The first-order valence-electron chi connectivity index (χ1n) is 5.24. The molecule has 0 bridgehead atoms. The van der Waals surface area contributed by atoms with Crippen LogP contribution in [-0.4, -0.2) is 9.78 Å². The maximum Gasteiger partial charge on any atom is 0.0878 e. The zero-order valence-corrected chi connectivity index (χ0v) is 9.51. The Morgan fingerprint density at radius 1 is 1.31 bits per heavy atom. The number of nitrogens with zero attached hydrogens (tertiary/aromatic N) is 2. The van der Waals surface area contributed by atoms with Crippen LogP contribution in [0, 0.1) is 6.92 Å². The average Bonchev–Trinajstić information content (AvgIpc) is 2.61. The van der Waals surface area contributed by atoms with Gasteiger partial charge in [-0.15, -0.1) is 0 Å². The van der Waals surface area contributed by atoms with Gasteiger partial charge in [0, 0.05) is 7.05 Å². The highest BCUT2D eigenvalue weighted by molar-refractivity contribution is 5.28. The second-order valence-corrected chi connectivity index (χ2v) is 3.84. The van der Waals surface area contributed by atoms with Crippen LogP contribution in [-0.2, 0) is 7.05 Å². The summed E-state index contributed by atoms with van der Waals surface area (Å²) in [5.74, 6) is 5.62. The fourth-order valence-corrected chi connectivity index (χ4v) is 1.90. The topological polar surface area (TPSA) is 55.9 Å². The standard InChI is InChI=1S/C12H16N4/c1-9-8-11(16(2)15-9)12(14-13)10-6-4-3-5-7-10/h3-8,12,14H,13H2,1-2H3. The molecule has 0 aliphatic rings. The van der Waals surface area contributed by atoms with Crippen molar-refractivity contribution in [3.63, 3.8) is 0 Å². The van der Waals surface area contributed by atoms with E-state index in [2.05, 4.69) is 10.5 Å². The molecular weight excluding hydrogens is 200 g/mol. The predicted molar refractivity (Wildman–Crippen MR) is 63.6 cm³/mol. The van der Waals surface area contributed by atoms with Crippen LogP contribution in [0.3, 0.4) is 0 Å².